The lowest BCUT2D eigenvalue weighted by Gasteiger charge is -2.44. The molecule has 5 atom stereocenters. The maximum atomic E-state index is 5.42. The predicted molar refractivity (Wildman–Crippen MR) is 83.4 cm³/mol. The van der Waals surface area contributed by atoms with Gasteiger partial charge in [0.2, 0.25) is 0 Å². The minimum absolute atomic E-state index is 0.0605. The zero-order valence-corrected chi connectivity index (χ0v) is 13.9. The van der Waals surface area contributed by atoms with Gasteiger partial charge in [-0.15, -0.1) is 0 Å². The van der Waals surface area contributed by atoms with Gasteiger partial charge in [-0.2, -0.15) is 0 Å². The Morgan fingerprint density at radius 2 is 1.95 bits per heavy atom. The van der Waals surface area contributed by atoms with Crippen LogP contribution in [0.3, 0.4) is 0 Å². The topological polar surface area (TPSA) is 18.5 Å². The minimum Gasteiger partial charge on any atom is -0.356 e. The van der Waals surface area contributed by atoms with Crippen molar-refractivity contribution in [2.24, 2.45) is 29.1 Å². The summed E-state index contributed by atoms with van der Waals surface area (Å²) in [6.07, 6.45) is 11.1. The van der Waals surface area contributed by atoms with Crippen LogP contribution < -0.4 is 0 Å². The van der Waals surface area contributed by atoms with E-state index in [2.05, 4.69) is 32.9 Å². The van der Waals surface area contributed by atoms with Crippen molar-refractivity contribution in [1.82, 2.24) is 0 Å². The molecule has 0 saturated heterocycles. The molecule has 0 unspecified atom stereocenters. The molecule has 0 aromatic carbocycles. The fraction of sp³-hybridized carbons (Fsp3) is 0.889. The van der Waals surface area contributed by atoms with Crippen molar-refractivity contribution >= 4 is 0 Å². The van der Waals surface area contributed by atoms with Crippen molar-refractivity contribution in [2.75, 3.05) is 14.2 Å². The van der Waals surface area contributed by atoms with Gasteiger partial charge in [0.25, 0.3) is 0 Å². The molecule has 1 saturated carbocycles. The van der Waals surface area contributed by atoms with Crippen LogP contribution in [0.5, 0.6) is 0 Å². The van der Waals surface area contributed by atoms with Crippen LogP contribution >= 0.6 is 0 Å². The molecule has 0 amide bonds. The van der Waals surface area contributed by atoms with Gasteiger partial charge in [0.15, 0.2) is 6.29 Å². The lowest BCUT2D eigenvalue weighted by atomic mass is 9.61. The molecule has 2 aliphatic rings. The number of rotatable bonds is 6. The lowest BCUT2D eigenvalue weighted by molar-refractivity contribution is -0.118. The van der Waals surface area contributed by atoms with Crippen LogP contribution in [0.25, 0.3) is 0 Å². The summed E-state index contributed by atoms with van der Waals surface area (Å²) in [6.45, 7) is 7.31. The normalized spacial score (nSPS) is 38.2. The first-order valence-corrected chi connectivity index (χ1v) is 8.29. The van der Waals surface area contributed by atoms with E-state index in [4.69, 9.17) is 9.47 Å². The van der Waals surface area contributed by atoms with Gasteiger partial charge in [0.05, 0.1) is 0 Å². The fourth-order valence-corrected chi connectivity index (χ4v) is 4.90. The van der Waals surface area contributed by atoms with Crippen LogP contribution in [0.1, 0.15) is 52.9 Å². The molecule has 0 radical (unpaired) electrons. The summed E-state index contributed by atoms with van der Waals surface area (Å²) in [5.74, 6) is 3.15. The fourth-order valence-electron chi connectivity index (χ4n) is 4.90. The van der Waals surface area contributed by atoms with Crippen molar-refractivity contribution < 1.29 is 9.47 Å². The third-order valence-corrected chi connectivity index (χ3v) is 6.26. The molecule has 2 rings (SSSR count). The van der Waals surface area contributed by atoms with Crippen LogP contribution in [0, 0.1) is 29.1 Å². The molecule has 2 heteroatoms. The Morgan fingerprint density at radius 1 is 1.25 bits per heavy atom. The molecule has 0 spiro atoms. The van der Waals surface area contributed by atoms with Gasteiger partial charge in [-0.3, -0.25) is 0 Å². The molecule has 2 aliphatic carbocycles. The summed E-state index contributed by atoms with van der Waals surface area (Å²) in [7, 11) is 3.49. The number of fused-ring (bicyclic) bond motifs is 1. The molecule has 0 aromatic heterocycles. The molecule has 1 fully saturated rings. The van der Waals surface area contributed by atoms with Crippen LogP contribution in [0.2, 0.25) is 0 Å². The van der Waals surface area contributed by atoms with E-state index in [1.807, 2.05) is 0 Å². The molecular formula is C18H32O2. The zero-order chi connectivity index (χ0) is 14.8. The molecule has 0 N–H and O–H groups in total. The van der Waals surface area contributed by atoms with Gasteiger partial charge < -0.3 is 9.47 Å². The molecule has 20 heavy (non-hydrogen) atoms. The van der Waals surface area contributed by atoms with Gasteiger partial charge in [0.1, 0.15) is 0 Å². The maximum absolute atomic E-state index is 5.42. The standard InChI is InChI=1S/C18H32O2/c1-6-13(2)15-9-10-16-14(12-17(19-4)20-5)8-7-11-18(15,16)3/h7-8,13-17H,6,9-12H2,1-5H3/t13-,14-,15+,16-,18+/m0/s1. The SMILES string of the molecule is CC[C@H](C)[C@H]1CC[C@H]2[C@H](CC(OC)OC)C=CC[C@]12C. The van der Waals surface area contributed by atoms with Gasteiger partial charge in [-0.25, -0.2) is 0 Å². The Morgan fingerprint density at radius 3 is 2.55 bits per heavy atom. The average Bonchev–Trinajstić information content (AvgIpc) is 2.81. The Balaban J connectivity index is 2.12. The highest BCUT2D eigenvalue weighted by atomic mass is 16.7. The first kappa shape index (κ1) is 16.0. The molecule has 0 aromatic rings. The number of methoxy groups -OCH3 is 2. The smallest absolute Gasteiger partial charge is 0.157 e. The van der Waals surface area contributed by atoms with E-state index >= 15 is 0 Å². The first-order valence-electron chi connectivity index (χ1n) is 8.29. The Kier molecular flexibility index (Phi) is 5.30. The van der Waals surface area contributed by atoms with Gasteiger partial charge in [-0.05, 0) is 48.3 Å². The Labute approximate surface area is 124 Å². The van der Waals surface area contributed by atoms with Gasteiger partial charge >= 0.3 is 0 Å². The molecule has 116 valence electrons. The van der Waals surface area contributed by atoms with Gasteiger partial charge in [0, 0.05) is 20.6 Å². The highest BCUT2D eigenvalue weighted by Gasteiger charge is 2.51. The Hall–Kier alpha value is -0.340. The lowest BCUT2D eigenvalue weighted by Crippen LogP contribution is -2.38. The summed E-state index contributed by atoms with van der Waals surface area (Å²) in [5, 5.41) is 0. The summed E-state index contributed by atoms with van der Waals surface area (Å²) in [5.41, 5.74) is 0.487. The highest BCUT2D eigenvalue weighted by molar-refractivity contribution is 5.11. The van der Waals surface area contributed by atoms with E-state index in [-0.39, 0.29) is 6.29 Å². The van der Waals surface area contributed by atoms with E-state index < -0.39 is 0 Å². The molecule has 0 aliphatic heterocycles. The van der Waals surface area contributed by atoms with E-state index in [0.717, 1.165) is 24.2 Å². The van der Waals surface area contributed by atoms with E-state index in [1.54, 1.807) is 14.2 Å². The molecule has 0 bridgehead atoms. The van der Waals surface area contributed by atoms with Crippen LogP contribution in [0.15, 0.2) is 12.2 Å². The number of hydrogen-bond donors (Lipinski definition) is 0. The van der Waals surface area contributed by atoms with E-state index in [0.29, 0.717) is 11.3 Å². The summed E-state index contributed by atoms with van der Waals surface area (Å²) in [4.78, 5) is 0. The summed E-state index contributed by atoms with van der Waals surface area (Å²) in [6, 6.07) is 0. The zero-order valence-electron chi connectivity index (χ0n) is 13.9. The van der Waals surface area contributed by atoms with E-state index in [1.165, 1.54) is 25.7 Å². The van der Waals surface area contributed by atoms with Crippen molar-refractivity contribution in [3.05, 3.63) is 12.2 Å². The van der Waals surface area contributed by atoms with Crippen LogP contribution in [-0.4, -0.2) is 20.5 Å². The second kappa shape index (κ2) is 6.62. The second-order valence-corrected chi connectivity index (χ2v) is 7.11. The van der Waals surface area contributed by atoms with Crippen molar-refractivity contribution in [3.8, 4) is 0 Å². The van der Waals surface area contributed by atoms with Crippen molar-refractivity contribution in [3.63, 3.8) is 0 Å². The quantitative estimate of drug-likeness (QED) is 0.521. The molecule has 2 nitrogen and oxygen atoms in total. The van der Waals surface area contributed by atoms with E-state index in [9.17, 15) is 0 Å². The monoisotopic (exact) mass is 280 g/mol. The molecule has 0 heterocycles. The number of ether oxygens (including phenoxy) is 2. The number of hydrogen-bond acceptors (Lipinski definition) is 2. The first-order chi connectivity index (χ1) is 9.56. The van der Waals surface area contributed by atoms with Crippen molar-refractivity contribution in [2.45, 2.75) is 59.2 Å². The third kappa shape index (κ3) is 2.82. The van der Waals surface area contributed by atoms with Crippen LogP contribution in [0.4, 0.5) is 0 Å². The highest BCUT2D eigenvalue weighted by Crippen LogP contribution is 2.58. The summed E-state index contributed by atoms with van der Waals surface area (Å²) < 4.78 is 10.8. The average molecular weight is 280 g/mol. The predicted octanol–water partition coefficient (Wildman–Crippen LogP) is 4.65. The van der Waals surface area contributed by atoms with Crippen LogP contribution in [-0.2, 0) is 9.47 Å². The Bertz CT molecular complexity index is 334. The van der Waals surface area contributed by atoms with Crippen molar-refractivity contribution in [1.29, 1.82) is 0 Å². The largest absolute Gasteiger partial charge is 0.356 e. The second-order valence-electron chi connectivity index (χ2n) is 7.11. The minimum atomic E-state index is -0.0605. The molecular weight excluding hydrogens is 248 g/mol. The third-order valence-electron chi connectivity index (χ3n) is 6.26. The number of allylic oxidation sites excluding steroid dienone is 2. The summed E-state index contributed by atoms with van der Waals surface area (Å²) >= 11 is 0. The maximum Gasteiger partial charge on any atom is 0.157 e. The van der Waals surface area contributed by atoms with Gasteiger partial charge in [-0.1, -0.05) is 39.3 Å².